The molecule has 0 fully saturated rings. The largest absolute Gasteiger partial charge is 0.493 e. The highest BCUT2D eigenvalue weighted by Gasteiger charge is 2.22. The lowest BCUT2D eigenvalue weighted by Gasteiger charge is -2.22. The maximum Gasteiger partial charge on any atom is 0.260 e. The van der Waals surface area contributed by atoms with Crippen molar-refractivity contribution in [2.24, 2.45) is 5.10 Å². The van der Waals surface area contributed by atoms with Crippen LogP contribution >= 0.6 is 23.2 Å². The Hall–Kier alpha value is -3.21. The van der Waals surface area contributed by atoms with Crippen LogP contribution in [0.5, 0.6) is 11.5 Å². The van der Waals surface area contributed by atoms with Gasteiger partial charge in [0.15, 0.2) is 11.5 Å². The molecule has 3 aromatic rings. The number of carbonyl (C=O) groups excluding carboxylic acids is 1. The van der Waals surface area contributed by atoms with Crippen LogP contribution in [0.1, 0.15) is 17.0 Å². The molecule has 2 aromatic carbocycles. The summed E-state index contributed by atoms with van der Waals surface area (Å²) in [4.78, 5) is 12.6. The third-order valence-electron chi connectivity index (χ3n) is 5.37. The molecule has 1 heterocycles. The van der Waals surface area contributed by atoms with Crippen LogP contribution in [-0.4, -0.2) is 52.1 Å². The van der Waals surface area contributed by atoms with E-state index >= 15 is 0 Å². The van der Waals surface area contributed by atoms with Gasteiger partial charge >= 0.3 is 0 Å². The fraction of sp³-hybridized carbons (Fsp3) is 0.250. The Labute approximate surface area is 220 Å². The number of halogens is 2. The SMILES string of the molecule is COc1ccc(N(CC(=O)N/N=C\c2cc(C)n(-c3ccc(Cl)c(Cl)c3)c2C)S(C)(=O)=O)cc1OC. The zero-order chi connectivity index (χ0) is 26.6. The summed E-state index contributed by atoms with van der Waals surface area (Å²) in [6, 6.07) is 11.8. The first-order valence-electron chi connectivity index (χ1n) is 10.6. The van der Waals surface area contributed by atoms with Crippen molar-refractivity contribution in [2.45, 2.75) is 13.8 Å². The molecule has 0 saturated heterocycles. The van der Waals surface area contributed by atoms with Crippen molar-refractivity contribution in [3.8, 4) is 17.2 Å². The lowest BCUT2D eigenvalue weighted by Crippen LogP contribution is -2.39. The van der Waals surface area contributed by atoms with Crippen LogP contribution in [0.2, 0.25) is 10.0 Å². The highest BCUT2D eigenvalue weighted by Crippen LogP contribution is 2.32. The van der Waals surface area contributed by atoms with Crippen LogP contribution in [0, 0.1) is 13.8 Å². The van der Waals surface area contributed by atoms with Gasteiger partial charge in [-0.3, -0.25) is 9.10 Å². The average molecular weight is 553 g/mol. The molecule has 0 saturated carbocycles. The number of anilines is 1. The standard InChI is InChI=1S/C24H26Cl2N4O5S/c1-15-10-17(16(2)30(15)19-6-8-20(25)21(26)11-19)13-27-28-24(31)14-29(36(5,32)33)18-7-9-22(34-3)23(12-18)35-4/h6-13H,14H2,1-5H3,(H,28,31)/b27-13-. The molecule has 192 valence electrons. The molecule has 0 unspecified atom stereocenters. The van der Waals surface area contributed by atoms with E-state index in [1.807, 2.05) is 30.5 Å². The van der Waals surface area contributed by atoms with Crippen LogP contribution in [0.15, 0.2) is 47.6 Å². The minimum atomic E-state index is -3.78. The van der Waals surface area contributed by atoms with E-state index in [1.165, 1.54) is 32.6 Å². The van der Waals surface area contributed by atoms with E-state index in [9.17, 15) is 13.2 Å². The van der Waals surface area contributed by atoms with Crippen molar-refractivity contribution in [2.75, 3.05) is 31.3 Å². The van der Waals surface area contributed by atoms with Crippen molar-refractivity contribution in [1.29, 1.82) is 0 Å². The molecule has 9 nitrogen and oxygen atoms in total. The summed E-state index contributed by atoms with van der Waals surface area (Å²) in [7, 11) is -0.872. The molecule has 0 bridgehead atoms. The Bertz CT molecular complexity index is 1420. The zero-order valence-electron chi connectivity index (χ0n) is 20.4. The van der Waals surface area contributed by atoms with Crippen molar-refractivity contribution < 1.29 is 22.7 Å². The second kappa shape index (κ2) is 11.2. The number of nitrogens with zero attached hydrogens (tertiary/aromatic N) is 3. The number of hydrogen-bond acceptors (Lipinski definition) is 6. The predicted molar refractivity (Wildman–Crippen MR) is 143 cm³/mol. The van der Waals surface area contributed by atoms with E-state index in [0.29, 0.717) is 21.5 Å². The van der Waals surface area contributed by atoms with Gasteiger partial charge in [0.25, 0.3) is 5.91 Å². The number of amides is 1. The summed E-state index contributed by atoms with van der Waals surface area (Å²) < 4.78 is 38.2. The summed E-state index contributed by atoms with van der Waals surface area (Å²) in [6.45, 7) is 3.35. The van der Waals surface area contributed by atoms with Crippen molar-refractivity contribution >= 4 is 51.0 Å². The molecule has 0 spiro atoms. The number of benzene rings is 2. The topological polar surface area (TPSA) is 102 Å². The molecule has 0 atom stereocenters. The molecular formula is C24H26Cl2N4O5S. The van der Waals surface area contributed by atoms with E-state index in [-0.39, 0.29) is 5.69 Å². The van der Waals surface area contributed by atoms with E-state index in [2.05, 4.69) is 10.5 Å². The number of rotatable bonds is 9. The fourth-order valence-electron chi connectivity index (χ4n) is 3.66. The number of methoxy groups -OCH3 is 2. The minimum absolute atomic E-state index is 0.249. The Morgan fingerprint density at radius 2 is 1.75 bits per heavy atom. The van der Waals surface area contributed by atoms with Gasteiger partial charge in [-0.15, -0.1) is 0 Å². The quantitative estimate of drug-likeness (QED) is 0.314. The number of hydrogen-bond donors (Lipinski definition) is 1. The maximum absolute atomic E-state index is 12.6. The summed E-state index contributed by atoms with van der Waals surface area (Å²) in [5, 5.41) is 4.92. The van der Waals surface area contributed by atoms with Crippen LogP contribution in [0.3, 0.4) is 0 Å². The van der Waals surface area contributed by atoms with Crippen molar-refractivity contribution in [3.05, 3.63) is 69.5 Å². The molecular weight excluding hydrogens is 527 g/mol. The van der Waals surface area contributed by atoms with Gasteiger partial charge < -0.3 is 14.0 Å². The van der Waals surface area contributed by atoms with Gasteiger partial charge in [0, 0.05) is 28.7 Å². The van der Waals surface area contributed by atoms with Crippen molar-refractivity contribution in [1.82, 2.24) is 9.99 Å². The van der Waals surface area contributed by atoms with Gasteiger partial charge in [-0.25, -0.2) is 13.8 Å². The molecule has 1 N–H and O–H groups in total. The molecule has 0 aliphatic carbocycles. The Balaban J connectivity index is 1.77. The first-order valence-corrected chi connectivity index (χ1v) is 13.2. The summed E-state index contributed by atoms with van der Waals surface area (Å²) >= 11 is 12.2. The number of sulfonamides is 1. The van der Waals surface area contributed by atoms with Gasteiger partial charge in [-0.2, -0.15) is 5.10 Å². The Morgan fingerprint density at radius 3 is 2.36 bits per heavy atom. The Kier molecular flexibility index (Phi) is 8.55. The lowest BCUT2D eigenvalue weighted by atomic mass is 10.2. The fourth-order valence-corrected chi connectivity index (χ4v) is 4.80. The highest BCUT2D eigenvalue weighted by atomic mass is 35.5. The molecule has 1 amide bonds. The van der Waals surface area contributed by atoms with Crippen LogP contribution in [0.25, 0.3) is 5.69 Å². The summed E-state index contributed by atoms with van der Waals surface area (Å²) in [6.07, 6.45) is 2.51. The van der Waals surface area contributed by atoms with Crippen LogP contribution in [-0.2, 0) is 14.8 Å². The van der Waals surface area contributed by atoms with Gasteiger partial charge in [-0.1, -0.05) is 23.2 Å². The third kappa shape index (κ3) is 6.13. The number of ether oxygens (including phenoxy) is 2. The number of aryl methyl sites for hydroxylation is 1. The zero-order valence-corrected chi connectivity index (χ0v) is 22.7. The summed E-state index contributed by atoms with van der Waals surface area (Å²) in [5.41, 5.74) is 6.03. The molecule has 1 aromatic heterocycles. The minimum Gasteiger partial charge on any atom is -0.493 e. The first kappa shape index (κ1) is 27.4. The molecule has 0 aliphatic rings. The van der Waals surface area contributed by atoms with Gasteiger partial charge in [0.1, 0.15) is 6.54 Å². The first-order chi connectivity index (χ1) is 17.0. The number of nitrogens with one attached hydrogen (secondary N) is 1. The lowest BCUT2D eigenvalue weighted by molar-refractivity contribution is -0.119. The highest BCUT2D eigenvalue weighted by molar-refractivity contribution is 7.92. The normalized spacial score (nSPS) is 11.5. The maximum atomic E-state index is 12.6. The molecule has 36 heavy (non-hydrogen) atoms. The summed E-state index contributed by atoms with van der Waals surface area (Å²) in [5.74, 6) is 0.145. The second-order valence-corrected chi connectivity index (χ2v) is 10.6. The van der Waals surface area contributed by atoms with E-state index < -0.39 is 22.5 Å². The monoisotopic (exact) mass is 552 g/mol. The van der Waals surface area contributed by atoms with Crippen molar-refractivity contribution in [3.63, 3.8) is 0 Å². The van der Waals surface area contributed by atoms with Crippen LogP contribution < -0.4 is 19.2 Å². The molecule has 12 heteroatoms. The van der Waals surface area contributed by atoms with Gasteiger partial charge in [-0.05, 0) is 50.2 Å². The van der Waals surface area contributed by atoms with E-state index in [4.69, 9.17) is 32.7 Å². The van der Waals surface area contributed by atoms with E-state index in [1.54, 1.807) is 18.2 Å². The molecule has 0 aliphatic heterocycles. The predicted octanol–water partition coefficient (Wildman–Crippen LogP) is 4.33. The molecule has 3 rings (SSSR count). The van der Waals surface area contributed by atoms with Gasteiger partial charge in [0.2, 0.25) is 10.0 Å². The number of hydrazone groups is 1. The van der Waals surface area contributed by atoms with Gasteiger partial charge in [0.05, 0.1) is 42.4 Å². The smallest absolute Gasteiger partial charge is 0.260 e. The number of aromatic nitrogens is 1. The van der Waals surface area contributed by atoms with Crippen LogP contribution in [0.4, 0.5) is 5.69 Å². The van der Waals surface area contributed by atoms with E-state index in [0.717, 1.165) is 33.2 Å². The Morgan fingerprint density at radius 1 is 1.06 bits per heavy atom. The number of carbonyl (C=O) groups is 1. The second-order valence-electron chi connectivity index (χ2n) is 7.86. The molecule has 0 radical (unpaired) electrons. The average Bonchev–Trinajstić information content (AvgIpc) is 3.11. The third-order valence-corrected chi connectivity index (χ3v) is 7.25.